The Hall–Kier alpha value is -1.14. The number of hydrogen-bond acceptors (Lipinski definition) is 4. The molecule has 1 saturated carbocycles. The topological polar surface area (TPSA) is 69.7 Å². The third-order valence-corrected chi connectivity index (χ3v) is 5.30. The third kappa shape index (κ3) is 3.53. The number of nitrogens with one attached hydrogen (secondary N) is 1. The Balaban J connectivity index is 0.00000192. The monoisotopic (exact) mass is 343 g/mol. The van der Waals surface area contributed by atoms with Crippen LogP contribution in [0.1, 0.15) is 39.0 Å². The van der Waals surface area contributed by atoms with Gasteiger partial charge >= 0.3 is 0 Å². The molecule has 0 aromatic heterocycles. The average molecular weight is 344 g/mol. The number of carbonyl (C=O) groups excluding carboxylic acids is 3. The first-order valence-electron chi connectivity index (χ1n) is 8.45. The number of carbonyl (C=O) groups is 3. The number of amides is 3. The first kappa shape index (κ1) is 18.2. The zero-order valence-corrected chi connectivity index (χ0v) is 14.4. The first-order valence-corrected chi connectivity index (χ1v) is 8.45. The molecule has 23 heavy (non-hydrogen) atoms. The highest BCUT2D eigenvalue weighted by atomic mass is 35.5. The van der Waals surface area contributed by atoms with Crippen LogP contribution in [0.5, 0.6) is 0 Å². The molecule has 1 N–H and O–H groups in total. The largest absolute Gasteiger partial charge is 0.337 e. The van der Waals surface area contributed by atoms with Gasteiger partial charge in [0.25, 0.3) is 0 Å². The van der Waals surface area contributed by atoms with Crippen molar-refractivity contribution in [2.45, 2.75) is 45.1 Å². The van der Waals surface area contributed by atoms with Crippen LogP contribution in [-0.4, -0.2) is 59.7 Å². The van der Waals surface area contributed by atoms with Gasteiger partial charge in [-0.15, -0.1) is 12.4 Å². The Labute approximate surface area is 143 Å². The molecule has 0 radical (unpaired) electrons. The Morgan fingerprint density at radius 3 is 2.35 bits per heavy atom. The fraction of sp³-hybridized carbons (Fsp3) is 0.812. The minimum Gasteiger partial charge on any atom is -0.337 e. The summed E-state index contributed by atoms with van der Waals surface area (Å²) in [5, 5.41) is 3.25. The second-order valence-electron chi connectivity index (χ2n) is 6.72. The zero-order valence-electron chi connectivity index (χ0n) is 13.6. The van der Waals surface area contributed by atoms with E-state index in [0.29, 0.717) is 6.54 Å². The predicted molar refractivity (Wildman–Crippen MR) is 88.1 cm³/mol. The smallest absolute Gasteiger partial charge is 0.233 e. The number of hydrogen-bond donors (Lipinski definition) is 1. The van der Waals surface area contributed by atoms with Crippen LogP contribution >= 0.6 is 12.4 Å². The van der Waals surface area contributed by atoms with Gasteiger partial charge in [-0.3, -0.25) is 19.3 Å². The lowest BCUT2D eigenvalue weighted by Crippen LogP contribution is -2.52. The molecule has 3 atom stereocenters. The molecule has 0 aromatic carbocycles. The van der Waals surface area contributed by atoms with E-state index in [1.165, 1.54) is 4.90 Å². The molecular weight excluding hydrogens is 318 g/mol. The number of rotatable bonds is 3. The van der Waals surface area contributed by atoms with Gasteiger partial charge in [-0.1, -0.05) is 12.8 Å². The molecule has 3 fully saturated rings. The van der Waals surface area contributed by atoms with Crippen molar-refractivity contribution >= 4 is 30.1 Å². The molecule has 0 aromatic rings. The normalized spacial score (nSPS) is 30.9. The maximum absolute atomic E-state index is 12.4. The maximum Gasteiger partial charge on any atom is 0.233 e. The molecule has 6 nitrogen and oxygen atoms in total. The van der Waals surface area contributed by atoms with Gasteiger partial charge in [-0.2, -0.15) is 0 Å². The number of piperazine rings is 1. The van der Waals surface area contributed by atoms with E-state index in [9.17, 15) is 14.4 Å². The van der Waals surface area contributed by atoms with Gasteiger partial charge in [0.1, 0.15) is 0 Å². The van der Waals surface area contributed by atoms with Crippen LogP contribution in [0.25, 0.3) is 0 Å². The quantitative estimate of drug-likeness (QED) is 0.769. The highest BCUT2D eigenvalue weighted by Gasteiger charge is 2.47. The first-order chi connectivity index (χ1) is 10.6. The van der Waals surface area contributed by atoms with Crippen molar-refractivity contribution in [3.05, 3.63) is 0 Å². The maximum atomic E-state index is 12.4. The van der Waals surface area contributed by atoms with E-state index in [-0.39, 0.29) is 61.0 Å². The number of fused-ring (bicyclic) bond motifs is 1. The number of likely N-dealkylation sites (tertiary alicyclic amines) is 1. The molecule has 7 heteroatoms. The fourth-order valence-electron chi connectivity index (χ4n) is 4.01. The van der Waals surface area contributed by atoms with Gasteiger partial charge in [0.05, 0.1) is 11.8 Å². The van der Waals surface area contributed by atoms with Crippen LogP contribution < -0.4 is 5.32 Å². The SMILES string of the molecule is C[C@@H]1CNCCN1C(=O)CCN1C(=O)C2CCCCC2C1=O.Cl. The Bertz CT molecular complexity index is 461. The zero-order chi connectivity index (χ0) is 15.7. The van der Waals surface area contributed by atoms with Gasteiger partial charge in [-0.05, 0) is 19.8 Å². The molecule has 2 saturated heterocycles. The summed E-state index contributed by atoms with van der Waals surface area (Å²) in [6.07, 6.45) is 3.97. The van der Waals surface area contributed by atoms with Gasteiger partial charge < -0.3 is 10.2 Å². The summed E-state index contributed by atoms with van der Waals surface area (Å²) in [4.78, 5) is 40.3. The average Bonchev–Trinajstić information content (AvgIpc) is 2.77. The Morgan fingerprint density at radius 1 is 1.17 bits per heavy atom. The van der Waals surface area contributed by atoms with Crippen LogP contribution in [0.15, 0.2) is 0 Å². The van der Waals surface area contributed by atoms with Gasteiger partial charge in [0, 0.05) is 38.6 Å². The van der Waals surface area contributed by atoms with Crippen molar-refractivity contribution < 1.29 is 14.4 Å². The van der Waals surface area contributed by atoms with Crippen molar-refractivity contribution in [2.24, 2.45) is 11.8 Å². The van der Waals surface area contributed by atoms with Crippen molar-refractivity contribution in [1.82, 2.24) is 15.1 Å². The minimum absolute atomic E-state index is 0. The van der Waals surface area contributed by atoms with Crippen LogP contribution in [0, 0.1) is 11.8 Å². The summed E-state index contributed by atoms with van der Waals surface area (Å²) < 4.78 is 0. The molecule has 0 spiro atoms. The summed E-state index contributed by atoms with van der Waals surface area (Å²) in [6.45, 7) is 4.58. The molecule has 0 bridgehead atoms. The van der Waals surface area contributed by atoms with Crippen molar-refractivity contribution in [2.75, 3.05) is 26.2 Å². The van der Waals surface area contributed by atoms with Gasteiger partial charge in [0.2, 0.25) is 17.7 Å². The predicted octanol–water partition coefficient (Wildman–Crippen LogP) is 0.794. The molecular formula is C16H26ClN3O3. The van der Waals surface area contributed by atoms with Crippen LogP contribution in [0.3, 0.4) is 0 Å². The van der Waals surface area contributed by atoms with E-state index in [1.807, 2.05) is 11.8 Å². The van der Waals surface area contributed by atoms with Gasteiger partial charge in [0.15, 0.2) is 0 Å². The van der Waals surface area contributed by atoms with E-state index >= 15 is 0 Å². The molecule has 2 aliphatic heterocycles. The lowest BCUT2D eigenvalue weighted by Gasteiger charge is -2.34. The minimum atomic E-state index is -0.116. The van der Waals surface area contributed by atoms with Crippen LogP contribution in [-0.2, 0) is 14.4 Å². The third-order valence-electron chi connectivity index (χ3n) is 5.30. The molecule has 3 amide bonds. The van der Waals surface area contributed by atoms with Crippen LogP contribution in [0.4, 0.5) is 0 Å². The van der Waals surface area contributed by atoms with Crippen molar-refractivity contribution in [3.63, 3.8) is 0 Å². The summed E-state index contributed by atoms with van der Waals surface area (Å²) in [7, 11) is 0. The standard InChI is InChI=1S/C16H25N3O3.ClH/c1-11-10-17-7-9-18(11)14(20)6-8-19-15(21)12-4-2-3-5-13(12)16(19)22;/h11-13,17H,2-10H2,1H3;1H/t11-,12?,13?;/m1./s1. The summed E-state index contributed by atoms with van der Waals surface area (Å²) in [6, 6.07) is 0.175. The molecule has 3 rings (SSSR count). The van der Waals surface area contributed by atoms with E-state index in [1.54, 1.807) is 0 Å². The molecule has 3 aliphatic rings. The van der Waals surface area contributed by atoms with Crippen molar-refractivity contribution in [1.29, 1.82) is 0 Å². The van der Waals surface area contributed by atoms with Gasteiger partial charge in [-0.25, -0.2) is 0 Å². The van der Waals surface area contributed by atoms with Crippen molar-refractivity contribution in [3.8, 4) is 0 Å². The van der Waals surface area contributed by atoms with Crippen LogP contribution in [0.2, 0.25) is 0 Å². The van der Waals surface area contributed by atoms with E-state index in [2.05, 4.69) is 5.32 Å². The Kier molecular flexibility index (Phi) is 6.03. The van der Waals surface area contributed by atoms with E-state index in [0.717, 1.165) is 38.8 Å². The number of halogens is 1. The molecule has 130 valence electrons. The fourth-order valence-corrected chi connectivity index (χ4v) is 4.01. The second-order valence-corrected chi connectivity index (χ2v) is 6.72. The highest BCUT2D eigenvalue weighted by molar-refractivity contribution is 6.05. The number of imide groups is 1. The lowest BCUT2D eigenvalue weighted by atomic mass is 9.81. The Morgan fingerprint density at radius 2 is 1.78 bits per heavy atom. The lowest BCUT2D eigenvalue weighted by molar-refractivity contribution is -0.141. The second kappa shape index (κ2) is 7.62. The molecule has 1 aliphatic carbocycles. The summed E-state index contributed by atoms with van der Waals surface area (Å²) in [5.41, 5.74) is 0. The summed E-state index contributed by atoms with van der Waals surface area (Å²) >= 11 is 0. The molecule has 2 heterocycles. The molecule has 2 unspecified atom stereocenters. The number of nitrogens with zero attached hydrogens (tertiary/aromatic N) is 2. The van der Waals surface area contributed by atoms with E-state index < -0.39 is 0 Å². The van der Waals surface area contributed by atoms with E-state index in [4.69, 9.17) is 0 Å². The summed E-state index contributed by atoms with van der Waals surface area (Å²) in [5.74, 6) is -0.278. The highest BCUT2D eigenvalue weighted by Crippen LogP contribution is 2.37.